The zero-order chi connectivity index (χ0) is 48.5. The van der Waals surface area contributed by atoms with E-state index >= 15 is 0 Å². The van der Waals surface area contributed by atoms with Gasteiger partial charge in [-0.15, -0.1) is 0 Å². The van der Waals surface area contributed by atoms with E-state index in [0.717, 1.165) is 0 Å². The molecule has 3 aliphatic carbocycles. The molecule has 0 spiro atoms. The average Bonchev–Trinajstić information content (AvgIpc) is 3.28. The van der Waals surface area contributed by atoms with E-state index in [2.05, 4.69) is 224 Å². The second kappa shape index (κ2) is 14.5. The Labute approximate surface area is 411 Å². The molecule has 350 valence electrons. The average molecular weight is 897 g/mol. The van der Waals surface area contributed by atoms with Gasteiger partial charge in [0.25, 0.3) is 6.71 Å². The van der Waals surface area contributed by atoms with E-state index in [1.807, 2.05) is 0 Å². The molecule has 0 amide bonds. The summed E-state index contributed by atoms with van der Waals surface area (Å²) in [6, 6.07) is 41.9. The molecule has 68 heavy (non-hydrogen) atoms. The van der Waals surface area contributed by atoms with E-state index in [9.17, 15) is 0 Å². The minimum Gasteiger partial charge on any atom is -0.311 e. The van der Waals surface area contributed by atoms with Crippen LogP contribution in [0.3, 0.4) is 0 Å². The first kappa shape index (κ1) is 45.4. The van der Waals surface area contributed by atoms with Gasteiger partial charge < -0.3 is 9.80 Å². The van der Waals surface area contributed by atoms with Gasteiger partial charge in [-0.1, -0.05) is 158 Å². The Hall–Kier alpha value is -5.02. The highest BCUT2D eigenvalue weighted by molar-refractivity contribution is 7.00. The van der Waals surface area contributed by atoms with Crippen molar-refractivity contribution < 1.29 is 0 Å². The number of rotatable bonds is 4. The lowest BCUT2D eigenvalue weighted by Gasteiger charge is -2.48. The Morgan fingerprint density at radius 3 is 1.44 bits per heavy atom. The van der Waals surface area contributed by atoms with Crippen LogP contribution in [0.4, 0.5) is 34.1 Å². The predicted octanol–water partition coefficient (Wildman–Crippen LogP) is 15.8. The Balaban J connectivity index is 1.25. The third-order valence-corrected chi connectivity index (χ3v) is 18.9. The van der Waals surface area contributed by atoms with Gasteiger partial charge in [0.15, 0.2) is 0 Å². The van der Waals surface area contributed by atoms with E-state index in [1.54, 1.807) is 0 Å². The molecule has 0 saturated carbocycles. The lowest BCUT2D eigenvalue weighted by molar-refractivity contribution is 0.331. The molecule has 2 nitrogen and oxygen atoms in total. The number of hydrogen-bond donors (Lipinski definition) is 0. The molecule has 0 unspecified atom stereocenters. The Morgan fingerprint density at radius 1 is 0.397 bits per heavy atom. The van der Waals surface area contributed by atoms with Crippen LogP contribution in [-0.4, -0.2) is 6.71 Å². The topological polar surface area (TPSA) is 6.48 Å². The van der Waals surface area contributed by atoms with Crippen LogP contribution in [0.15, 0.2) is 103 Å². The molecule has 6 aromatic rings. The van der Waals surface area contributed by atoms with Gasteiger partial charge in [0, 0.05) is 39.5 Å². The van der Waals surface area contributed by atoms with Crippen LogP contribution in [0.5, 0.6) is 0 Å². The summed E-state index contributed by atoms with van der Waals surface area (Å²) in [5.74, 6) is 0. The lowest BCUT2D eigenvalue weighted by atomic mass is 9.33. The normalized spacial score (nSPS) is 20.6. The van der Waals surface area contributed by atoms with E-state index in [4.69, 9.17) is 0 Å². The van der Waals surface area contributed by atoms with Crippen molar-refractivity contribution in [2.75, 3.05) is 9.80 Å². The molecule has 0 bridgehead atoms. The fourth-order valence-corrected chi connectivity index (χ4v) is 13.8. The van der Waals surface area contributed by atoms with Crippen LogP contribution in [0.1, 0.15) is 191 Å². The number of anilines is 6. The molecule has 0 radical (unpaired) electrons. The molecule has 5 aliphatic rings. The maximum Gasteiger partial charge on any atom is 0.252 e. The van der Waals surface area contributed by atoms with Gasteiger partial charge in [0.1, 0.15) is 0 Å². The van der Waals surface area contributed by atoms with Crippen molar-refractivity contribution in [3.63, 3.8) is 0 Å². The predicted molar refractivity (Wildman–Crippen MR) is 294 cm³/mol. The first-order valence-electron chi connectivity index (χ1n) is 26.2. The van der Waals surface area contributed by atoms with Crippen molar-refractivity contribution in [3.05, 3.63) is 159 Å². The monoisotopic (exact) mass is 897 g/mol. The first-order chi connectivity index (χ1) is 31.7. The summed E-state index contributed by atoms with van der Waals surface area (Å²) in [6.07, 6.45) is 7.15. The highest BCUT2D eigenvalue weighted by Gasteiger charge is 2.48. The summed E-state index contributed by atoms with van der Waals surface area (Å²) in [4.78, 5) is 5.44. The standard InChI is InChI=1S/C65H77BN2/c1-40-32-56-58-57(33-40)68(53-38-49-46(34-41(53)2)60(5,6)28-30-63(49,11)12)55-39-50-48(62(9,10)29-31-64(50,13)14)37-52(55)66(58)51-25-22-43(65(15,16)42-20-18-17-19-21-42)35-54(51)67(56)44-23-24-45-47(36-44)61(7,8)27-26-59(45,3)4/h17-25,32-39H,26-31H2,1-16H3. The second-order valence-corrected chi connectivity index (χ2v) is 26.8. The Kier molecular flexibility index (Phi) is 9.70. The molecular weight excluding hydrogens is 820 g/mol. The lowest BCUT2D eigenvalue weighted by Crippen LogP contribution is -2.62. The maximum absolute atomic E-state index is 2.75. The van der Waals surface area contributed by atoms with Gasteiger partial charge in [-0.3, -0.25) is 0 Å². The molecule has 0 saturated heterocycles. The number of nitrogens with zero attached hydrogens (tertiary/aromatic N) is 2. The minimum atomic E-state index is -0.204. The van der Waals surface area contributed by atoms with Gasteiger partial charge in [-0.05, 0) is 199 Å². The molecule has 0 fully saturated rings. The molecule has 3 heteroatoms. The molecule has 6 aromatic carbocycles. The van der Waals surface area contributed by atoms with Crippen molar-refractivity contribution in [1.82, 2.24) is 0 Å². The second-order valence-electron chi connectivity index (χ2n) is 26.8. The van der Waals surface area contributed by atoms with E-state index < -0.39 is 0 Å². The third kappa shape index (κ3) is 6.63. The summed E-state index contributed by atoms with van der Waals surface area (Å²) in [7, 11) is 0. The van der Waals surface area contributed by atoms with Crippen LogP contribution in [0.25, 0.3) is 0 Å². The van der Waals surface area contributed by atoms with Crippen LogP contribution < -0.4 is 26.2 Å². The minimum absolute atomic E-state index is 0.0550. The summed E-state index contributed by atoms with van der Waals surface area (Å²) >= 11 is 0. The van der Waals surface area contributed by atoms with Crippen molar-refractivity contribution >= 4 is 57.2 Å². The number of benzene rings is 6. The van der Waals surface area contributed by atoms with Gasteiger partial charge in [-0.2, -0.15) is 0 Å². The zero-order valence-corrected chi connectivity index (χ0v) is 44.5. The summed E-state index contributed by atoms with van der Waals surface area (Å²) in [6.45, 7) is 39.4. The third-order valence-electron chi connectivity index (χ3n) is 18.9. The van der Waals surface area contributed by atoms with E-state index in [-0.39, 0.29) is 44.6 Å². The Morgan fingerprint density at radius 2 is 0.868 bits per heavy atom. The van der Waals surface area contributed by atoms with E-state index in [1.165, 1.54) is 145 Å². The van der Waals surface area contributed by atoms with Gasteiger partial charge in [-0.25, -0.2) is 0 Å². The van der Waals surface area contributed by atoms with E-state index in [0.29, 0.717) is 0 Å². The quantitative estimate of drug-likeness (QED) is 0.162. The zero-order valence-electron chi connectivity index (χ0n) is 44.5. The van der Waals surface area contributed by atoms with Crippen molar-refractivity contribution in [3.8, 4) is 0 Å². The molecule has 2 heterocycles. The molecule has 0 N–H and O–H groups in total. The van der Waals surface area contributed by atoms with Gasteiger partial charge in [0.2, 0.25) is 0 Å². The molecule has 0 aromatic heterocycles. The molecule has 11 rings (SSSR count). The summed E-state index contributed by atoms with van der Waals surface area (Å²) < 4.78 is 0. The molecule has 2 aliphatic heterocycles. The van der Waals surface area contributed by atoms with Crippen molar-refractivity contribution in [1.29, 1.82) is 0 Å². The first-order valence-corrected chi connectivity index (χ1v) is 26.2. The summed E-state index contributed by atoms with van der Waals surface area (Å²) in [5, 5.41) is 0. The maximum atomic E-state index is 2.75. The van der Waals surface area contributed by atoms with Crippen molar-refractivity contribution in [2.24, 2.45) is 0 Å². The molecule has 0 atom stereocenters. The smallest absolute Gasteiger partial charge is 0.252 e. The SMILES string of the molecule is Cc1cc2c3c(c1)N(c1cc4c(cc1C)C(C)(C)CCC4(C)C)c1cc4c(cc1B3c1ccc(C(C)(C)c3ccccc3)cc1N2c1ccc2c(c1)C(C)(C)CCC2(C)C)C(C)(C)CCC4(C)C. The number of fused-ring (bicyclic) bond motifs is 7. The van der Waals surface area contributed by atoms with Gasteiger partial charge >= 0.3 is 0 Å². The number of hydrogen-bond acceptors (Lipinski definition) is 2. The highest BCUT2D eigenvalue weighted by atomic mass is 15.2. The van der Waals surface area contributed by atoms with Crippen LogP contribution >= 0.6 is 0 Å². The van der Waals surface area contributed by atoms with Crippen LogP contribution in [0.2, 0.25) is 0 Å². The fraction of sp³-hybridized carbons (Fsp3) is 0.446. The Bertz CT molecular complexity index is 3080. The largest absolute Gasteiger partial charge is 0.311 e. The molecular formula is C65H77BN2. The fourth-order valence-electron chi connectivity index (χ4n) is 13.8. The highest BCUT2D eigenvalue weighted by Crippen LogP contribution is 2.55. The summed E-state index contributed by atoms with van der Waals surface area (Å²) in [5.41, 5.74) is 26.9. The number of aryl methyl sites for hydroxylation is 2. The van der Waals surface area contributed by atoms with Crippen molar-refractivity contribution in [2.45, 2.75) is 187 Å². The van der Waals surface area contributed by atoms with Crippen LogP contribution in [0, 0.1) is 13.8 Å². The van der Waals surface area contributed by atoms with Crippen LogP contribution in [-0.2, 0) is 37.9 Å². The van der Waals surface area contributed by atoms with Gasteiger partial charge in [0.05, 0.1) is 0 Å².